The quantitative estimate of drug-likeness (QED) is 0.121. The van der Waals surface area contributed by atoms with E-state index >= 15 is 0 Å². The summed E-state index contributed by atoms with van der Waals surface area (Å²) >= 11 is 0. The highest BCUT2D eigenvalue weighted by Crippen LogP contribution is 2.48. The van der Waals surface area contributed by atoms with Gasteiger partial charge in [-0.1, -0.05) is 206 Å². The summed E-state index contributed by atoms with van der Waals surface area (Å²) in [5, 5.41) is 25.6. The van der Waals surface area contributed by atoms with Crippen molar-refractivity contribution < 1.29 is 0 Å². The number of rotatable bonds is 2. The molecule has 0 fully saturated rings. The fourth-order valence-electron chi connectivity index (χ4n) is 15.0. The lowest BCUT2D eigenvalue weighted by atomic mass is 9.34. The number of fused-ring (bicyclic) bond motifs is 26. The summed E-state index contributed by atoms with van der Waals surface area (Å²) < 4.78 is 5.35. The maximum absolute atomic E-state index is 2.69. The lowest BCUT2D eigenvalue weighted by molar-refractivity contribution is 1.15. The predicted octanol–water partition coefficient (Wildman–Crippen LogP) is 17.6. The number of hydrogen-bond acceptors (Lipinski definition) is 0. The van der Waals surface area contributed by atoms with E-state index in [4.69, 9.17) is 0 Å². The van der Waals surface area contributed by atoms with Gasteiger partial charge in [0.15, 0.2) is 0 Å². The van der Waals surface area contributed by atoms with Crippen molar-refractivity contribution in [2.45, 2.75) is 0 Å². The van der Waals surface area contributed by atoms with Crippen molar-refractivity contribution in [3.05, 3.63) is 249 Å². The second-order valence-corrected chi connectivity index (χ2v) is 21.8. The van der Waals surface area contributed by atoms with Gasteiger partial charge < -0.3 is 9.13 Å². The lowest BCUT2D eigenvalue weighted by Crippen LogP contribution is -2.59. The van der Waals surface area contributed by atoms with E-state index in [9.17, 15) is 0 Å². The van der Waals surface area contributed by atoms with Crippen LogP contribution >= 0.6 is 0 Å². The van der Waals surface area contributed by atoms with Gasteiger partial charge >= 0.3 is 0 Å². The minimum absolute atomic E-state index is 0.0756. The molecular weight excluding hydrogens is 928 g/mol. The molecule has 0 spiro atoms. The van der Waals surface area contributed by atoms with Crippen molar-refractivity contribution in [1.82, 2.24) is 9.13 Å². The predicted molar refractivity (Wildman–Crippen MR) is 331 cm³/mol. The first-order chi connectivity index (χ1) is 38.2. The van der Waals surface area contributed by atoms with Gasteiger partial charge in [0.1, 0.15) is 0 Å². The van der Waals surface area contributed by atoms with Crippen LogP contribution in [0.5, 0.6) is 0 Å². The minimum atomic E-state index is -0.0756. The van der Waals surface area contributed by atoms with E-state index in [0.29, 0.717) is 0 Å². The van der Waals surface area contributed by atoms with Crippen molar-refractivity contribution >= 4 is 153 Å². The van der Waals surface area contributed by atoms with Crippen LogP contribution in [0.2, 0.25) is 0 Å². The maximum atomic E-state index is 2.69. The molecule has 350 valence electrons. The summed E-state index contributed by atoms with van der Waals surface area (Å²) in [6, 6.07) is 94.9. The molecule has 0 bridgehead atoms. The lowest BCUT2D eigenvalue weighted by Gasteiger charge is -2.34. The monoisotopic (exact) mass is 968 g/mol. The van der Waals surface area contributed by atoms with Crippen LogP contribution in [0, 0.1) is 0 Å². The molecule has 0 aliphatic carbocycles. The molecule has 3 heteroatoms. The molecule has 77 heavy (non-hydrogen) atoms. The number of hydrogen-bond donors (Lipinski definition) is 0. The Morgan fingerprint density at radius 2 is 0.662 bits per heavy atom. The summed E-state index contributed by atoms with van der Waals surface area (Å²) in [5.74, 6) is 0. The molecule has 0 radical (unpaired) electrons. The molecule has 2 aliphatic heterocycles. The van der Waals surface area contributed by atoms with Crippen LogP contribution in [0.1, 0.15) is 0 Å². The molecule has 2 aliphatic rings. The van der Waals surface area contributed by atoms with Gasteiger partial charge in [0, 0.05) is 54.7 Å². The topological polar surface area (TPSA) is 9.86 Å². The fraction of sp³-hybridized carbons (Fsp3) is 0. The Balaban J connectivity index is 1.03. The van der Waals surface area contributed by atoms with Gasteiger partial charge in [0.2, 0.25) is 0 Å². The summed E-state index contributed by atoms with van der Waals surface area (Å²) in [6.45, 7) is -0.0756. The zero-order chi connectivity index (χ0) is 49.8. The van der Waals surface area contributed by atoms with E-state index in [1.807, 2.05) is 0 Å². The second-order valence-electron chi connectivity index (χ2n) is 21.8. The smallest absolute Gasteiger partial charge is 0.252 e. The van der Waals surface area contributed by atoms with Gasteiger partial charge in [0.05, 0.1) is 11.0 Å². The summed E-state index contributed by atoms with van der Waals surface area (Å²) in [7, 11) is 0. The van der Waals surface area contributed by atoms with E-state index in [2.05, 4.69) is 258 Å². The highest BCUT2D eigenvalue weighted by Gasteiger charge is 2.42. The number of benzene rings is 15. The Hall–Kier alpha value is -9.96. The summed E-state index contributed by atoms with van der Waals surface area (Å²) in [5.41, 5.74) is 16.5. The van der Waals surface area contributed by atoms with E-state index in [0.717, 1.165) is 0 Å². The van der Waals surface area contributed by atoms with Crippen molar-refractivity contribution in [3.8, 4) is 33.6 Å². The average molecular weight is 969 g/mol. The Labute approximate surface area is 441 Å². The zero-order valence-electron chi connectivity index (χ0n) is 41.6. The highest BCUT2D eigenvalue weighted by molar-refractivity contribution is 7.00. The van der Waals surface area contributed by atoms with E-state index in [1.54, 1.807) is 0 Å². The normalized spacial score (nSPS) is 12.9. The largest absolute Gasteiger partial charge is 0.310 e. The molecule has 0 atom stereocenters. The molecule has 17 aromatic rings. The molecule has 4 heterocycles. The Morgan fingerprint density at radius 1 is 0.234 bits per heavy atom. The van der Waals surface area contributed by atoms with Crippen LogP contribution < -0.4 is 16.4 Å². The number of aromatic nitrogens is 2. The molecule has 19 rings (SSSR count). The first-order valence-electron chi connectivity index (χ1n) is 27.0. The van der Waals surface area contributed by atoms with Crippen LogP contribution in [0.15, 0.2) is 249 Å². The third kappa shape index (κ3) is 5.12. The van der Waals surface area contributed by atoms with Crippen LogP contribution in [0.4, 0.5) is 0 Å². The van der Waals surface area contributed by atoms with Gasteiger partial charge in [-0.3, -0.25) is 0 Å². The molecule has 0 unspecified atom stereocenters. The van der Waals surface area contributed by atoms with Gasteiger partial charge in [-0.25, -0.2) is 0 Å². The summed E-state index contributed by atoms with van der Waals surface area (Å²) in [4.78, 5) is 0. The molecular formula is C74H41BN2. The van der Waals surface area contributed by atoms with Gasteiger partial charge in [-0.05, 0) is 157 Å². The standard InChI is InChI=1S/C74H41BN2/c1-3-16-44-36-46(30-28-42(44)14-1)48-38-61-60-33-32-59-55-23-8-6-19-51(55)53-21-10-12-25-57(53)69(59)74(60)77-67-27-13-26-66-71(67)75(63(40-48)72(61)77)64-41-49(47-31-29-43-15-2-4-17-45(43)37-47)39-62-70-65(76(66)73(62)64)35-34-58-54-22-7-5-18-50(54)52-20-9-11-24-56(52)68(58)70/h1-41H. The summed E-state index contributed by atoms with van der Waals surface area (Å²) in [6.07, 6.45) is 0. The van der Waals surface area contributed by atoms with Crippen LogP contribution in [-0.4, -0.2) is 15.8 Å². The Kier molecular flexibility index (Phi) is 7.59. The molecule has 0 amide bonds. The van der Waals surface area contributed by atoms with E-state index in [-0.39, 0.29) is 6.71 Å². The Bertz CT molecular complexity index is 5510. The van der Waals surface area contributed by atoms with Gasteiger partial charge in [0.25, 0.3) is 6.71 Å². The van der Waals surface area contributed by atoms with E-state index < -0.39 is 0 Å². The first-order valence-corrected chi connectivity index (χ1v) is 27.0. The molecule has 2 nitrogen and oxygen atoms in total. The molecule has 0 N–H and O–H groups in total. The van der Waals surface area contributed by atoms with E-state index in [1.165, 1.54) is 180 Å². The van der Waals surface area contributed by atoms with Gasteiger partial charge in [-0.2, -0.15) is 0 Å². The SMILES string of the molecule is c1cc2c3c(c1)-n1c4c(cc(-c5ccc6ccccc6c5)cc4c4ccc5c6ccccc6c6ccccc6c5c41)B3c1cc(-c3ccc4ccccc4c3)cc3c4c5c6ccccc6c6ccccc6c5ccc4n-2c13. The third-order valence-corrected chi connectivity index (χ3v) is 18.1. The minimum Gasteiger partial charge on any atom is -0.310 e. The van der Waals surface area contributed by atoms with Crippen molar-refractivity contribution in [2.24, 2.45) is 0 Å². The van der Waals surface area contributed by atoms with Crippen molar-refractivity contribution in [1.29, 1.82) is 0 Å². The molecule has 15 aromatic carbocycles. The average Bonchev–Trinajstić information content (AvgIpc) is 4.25. The molecule has 0 saturated heterocycles. The number of nitrogens with zero attached hydrogens (tertiary/aromatic N) is 2. The van der Waals surface area contributed by atoms with Crippen LogP contribution in [0.3, 0.4) is 0 Å². The molecule has 0 saturated carbocycles. The van der Waals surface area contributed by atoms with Crippen LogP contribution in [0.25, 0.3) is 163 Å². The van der Waals surface area contributed by atoms with Crippen molar-refractivity contribution in [2.75, 3.05) is 0 Å². The zero-order valence-corrected chi connectivity index (χ0v) is 41.6. The third-order valence-electron chi connectivity index (χ3n) is 18.1. The first kappa shape index (κ1) is 40.4. The van der Waals surface area contributed by atoms with Gasteiger partial charge in [-0.15, -0.1) is 0 Å². The van der Waals surface area contributed by atoms with Crippen LogP contribution in [-0.2, 0) is 0 Å². The maximum Gasteiger partial charge on any atom is 0.252 e. The van der Waals surface area contributed by atoms with Crippen molar-refractivity contribution in [3.63, 3.8) is 0 Å². The Morgan fingerprint density at radius 3 is 1.25 bits per heavy atom. The second kappa shape index (κ2) is 14.5. The highest BCUT2D eigenvalue weighted by atomic mass is 15.0. The molecule has 2 aromatic heterocycles. The fourth-order valence-corrected chi connectivity index (χ4v) is 15.0.